The molecule has 17 heavy (non-hydrogen) atoms. The summed E-state index contributed by atoms with van der Waals surface area (Å²) >= 11 is -3.11. The average molecular weight is 277 g/mol. The third kappa shape index (κ3) is 19.1. The Morgan fingerprint density at radius 1 is 1.24 bits per heavy atom. The zero-order valence-electron chi connectivity index (χ0n) is 9.58. The number of anilines is 1. The molecule has 0 unspecified atom stereocenters. The van der Waals surface area contributed by atoms with Crippen LogP contribution in [0.1, 0.15) is 0 Å². The minimum Gasteiger partial charge on any atom is -0.784 e. The van der Waals surface area contributed by atoms with Crippen molar-refractivity contribution in [2.75, 3.05) is 11.9 Å². The van der Waals surface area contributed by atoms with Crippen LogP contribution in [0.25, 0.3) is 0 Å². The molecule has 1 aromatic carbocycles. The molecule has 6 nitrogen and oxygen atoms in total. The molecular formula is C8H9NNa2O5S. The maximum Gasteiger partial charge on any atom is 1.00 e. The van der Waals surface area contributed by atoms with E-state index in [-0.39, 0.29) is 65.7 Å². The number of para-hydroxylation sites is 1. The van der Waals surface area contributed by atoms with Crippen molar-refractivity contribution < 1.29 is 82.3 Å². The Morgan fingerprint density at radius 2 is 1.65 bits per heavy atom. The van der Waals surface area contributed by atoms with E-state index in [2.05, 4.69) is 5.32 Å². The minimum atomic E-state index is -3.11. The van der Waals surface area contributed by atoms with E-state index in [1.807, 2.05) is 30.3 Å². The minimum absolute atomic E-state index is 0. The summed E-state index contributed by atoms with van der Waals surface area (Å²) in [6.45, 7) is -0.0377. The molecule has 0 aliphatic heterocycles. The zero-order chi connectivity index (χ0) is 11.7. The second kappa shape index (κ2) is 14.6. The van der Waals surface area contributed by atoms with E-state index in [4.69, 9.17) is 18.4 Å². The molecule has 0 saturated carbocycles. The van der Waals surface area contributed by atoms with Crippen LogP contribution in [-0.4, -0.2) is 30.9 Å². The predicted octanol–water partition coefficient (Wildman–Crippen LogP) is -5.81. The summed E-state index contributed by atoms with van der Waals surface area (Å²) < 4.78 is 25.3. The van der Waals surface area contributed by atoms with Gasteiger partial charge in [-0.15, -0.1) is 11.4 Å². The fourth-order valence-corrected chi connectivity index (χ4v) is 0.734. The summed E-state index contributed by atoms with van der Waals surface area (Å²) in [5.41, 5.74) is 0.829. The maximum atomic E-state index is 10.1. The van der Waals surface area contributed by atoms with Crippen molar-refractivity contribution in [2.45, 2.75) is 0 Å². The van der Waals surface area contributed by atoms with E-state index in [9.17, 15) is 4.79 Å². The third-order valence-electron chi connectivity index (χ3n) is 1.22. The fraction of sp³-hybridized carbons (Fsp3) is 0.125. The number of aliphatic carboxylic acids is 1. The third-order valence-corrected chi connectivity index (χ3v) is 1.22. The van der Waals surface area contributed by atoms with Gasteiger partial charge in [0.15, 0.2) is 0 Å². The zero-order valence-corrected chi connectivity index (χ0v) is 14.4. The molecule has 0 amide bonds. The summed E-state index contributed by atoms with van der Waals surface area (Å²) in [4.78, 5) is 10.1. The summed E-state index contributed by atoms with van der Waals surface area (Å²) in [7, 11) is 0. The van der Waals surface area contributed by atoms with Crippen LogP contribution >= 0.6 is 0 Å². The van der Waals surface area contributed by atoms with Crippen molar-refractivity contribution in [2.24, 2.45) is 0 Å². The second-order valence-corrected chi connectivity index (χ2v) is 2.73. The van der Waals surface area contributed by atoms with Crippen molar-refractivity contribution in [3.05, 3.63) is 30.3 Å². The average Bonchev–Trinajstić information content (AvgIpc) is 2.15. The number of carboxylic acids is 1. The van der Waals surface area contributed by atoms with Crippen molar-refractivity contribution in [3.63, 3.8) is 0 Å². The Kier molecular flexibility index (Phi) is 19.5. The first kappa shape index (κ1) is 22.7. The van der Waals surface area contributed by atoms with Gasteiger partial charge in [-0.1, -0.05) is 18.2 Å². The van der Waals surface area contributed by atoms with E-state index < -0.39 is 17.3 Å². The smallest absolute Gasteiger partial charge is 0.784 e. The van der Waals surface area contributed by atoms with Crippen LogP contribution in [0.5, 0.6) is 0 Å². The molecular weight excluding hydrogens is 268 g/mol. The molecule has 0 heterocycles. The second-order valence-electron chi connectivity index (χ2n) is 2.32. The van der Waals surface area contributed by atoms with Gasteiger partial charge in [-0.25, -0.2) is 0 Å². The number of carbonyl (C=O) groups is 1. The van der Waals surface area contributed by atoms with Gasteiger partial charge in [-0.05, 0) is 12.1 Å². The molecule has 0 spiro atoms. The van der Waals surface area contributed by atoms with Crippen LogP contribution in [0, 0.1) is 0 Å². The molecule has 9 heteroatoms. The van der Waals surface area contributed by atoms with Crippen molar-refractivity contribution in [1.82, 2.24) is 0 Å². The van der Waals surface area contributed by atoms with Crippen LogP contribution in [0.2, 0.25) is 0 Å². The fourth-order valence-electron chi connectivity index (χ4n) is 0.734. The van der Waals surface area contributed by atoms with Gasteiger partial charge < -0.3 is 19.5 Å². The molecule has 0 radical (unpaired) electrons. The van der Waals surface area contributed by atoms with E-state index in [1.165, 1.54) is 0 Å². The van der Waals surface area contributed by atoms with Gasteiger partial charge in [0.2, 0.25) is 0 Å². The van der Waals surface area contributed by atoms with E-state index in [0.29, 0.717) is 0 Å². The number of nitrogens with one attached hydrogen (secondary N) is 1. The molecule has 0 aromatic heterocycles. The normalized spacial score (nSPS) is 7.94. The molecule has 2 N–H and O–H groups in total. The van der Waals surface area contributed by atoms with Gasteiger partial charge in [-0.3, -0.25) is 9.00 Å². The molecule has 84 valence electrons. The van der Waals surface area contributed by atoms with Crippen molar-refractivity contribution in [3.8, 4) is 0 Å². The molecule has 1 aromatic rings. The Bertz CT molecular complexity index is 321. The van der Waals surface area contributed by atoms with Crippen LogP contribution in [0.3, 0.4) is 0 Å². The first-order chi connectivity index (χ1) is 7.02. The van der Waals surface area contributed by atoms with Crippen LogP contribution in [-0.2, 0) is 16.2 Å². The summed E-state index contributed by atoms with van der Waals surface area (Å²) in [6, 6.07) is 9.23. The molecule has 0 aliphatic rings. The molecule has 1 rings (SSSR count). The summed E-state index contributed by atoms with van der Waals surface area (Å²) in [6.07, 6.45) is 0. The molecule has 0 saturated heterocycles. The summed E-state index contributed by atoms with van der Waals surface area (Å²) in [5.74, 6) is -0.853. The SMILES string of the molecule is O=C(O)CNc1ccccc1.O=S([O-])[O-].[Na+].[Na+]. The maximum absolute atomic E-state index is 10.1. The standard InChI is InChI=1S/C8H9NO2.2Na.H2O3S/c10-8(11)6-9-7-4-2-1-3-5-7;;;1-4(2)3/h1-5,9H,6H2,(H,10,11);;;(H2,1,2,3)/q;2*+1;/p-2. The van der Waals surface area contributed by atoms with Crippen LogP contribution in [0.15, 0.2) is 30.3 Å². The van der Waals surface area contributed by atoms with Crippen LogP contribution in [0.4, 0.5) is 5.69 Å². The Labute approximate surface area is 146 Å². The summed E-state index contributed by atoms with van der Waals surface area (Å²) in [5, 5.41) is 11.1. The van der Waals surface area contributed by atoms with Gasteiger partial charge in [0.05, 0.1) is 0 Å². The van der Waals surface area contributed by atoms with Gasteiger partial charge in [0, 0.05) is 5.69 Å². The quantitative estimate of drug-likeness (QED) is 0.420. The molecule has 0 fully saturated rings. The largest absolute Gasteiger partial charge is 1.00 e. The van der Waals surface area contributed by atoms with Gasteiger partial charge in [0.1, 0.15) is 6.54 Å². The molecule has 0 bridgehead atoms. The molecule has 0 aliphatic carbocycles. The van der Waals surface area contributed by atoms with E-state index in [0.717, 1.165) is 5.69 Å². The van der Waals surface area contributed by atoms with Gasteiger partial charge in [0.25, 0.3) is 0 Å². The Hall–Kier alpha value is 0.560. The van der Waals surface area contributed by atoms with E-state index in [1.54, 1.807) is 0 Å². The first-order valence-electron chi connectivity index (χ1n) is 3.80. The number of rotatable bonds is 3. The first-order valence-corrected chi connectivity index (χ1v) is 4.80. The monoisotopic (exact) mass is 277 g/mol. The molecule has 0 atom stereocenters. The predicted molar refractivity (Wildman–Crippen MR) is 52.3 cm³/mol. The number of hydrogen-bond acceptors (Lipinski definition) is 5. The van der Waals surface area contributed by atoms with Crippen molar-refractivity contribution in [1.29, 1.82) is 0 Å². The Morgan fingerprint density at radius 3 is 2.00 bits per heavy atom. The topological polar surface area (TPSA) is 113 Å². The Balaban J connectivity index is -0.000000289. The number of carboxylic acid groups (broad SMARTS) is 1. The van der Waals surface area contributed by atoms with Crippen LogP contribution < -0.4 is 64.4 Å². The number of benzene rings is 1. The van der Waals surface area contributed by atoms with E-state index >= 15 is 0 Å². The number of hydrogen-bond donors (Lipinski definition) is 2. The van der Waals surface area contributed by atoms with Crippen molar-refractivity contribution >= 4 is 23.0 Å². The van der Waals surface area contributed by atoms with Gasteiger partial charge >= 0.3 is 65.1 Å². The van der Waals surface area contributed by atoms with Gasteiger partial charge in [-0.2, -0.15) is 0 Å².